The minimum Gasteiger partial charge on any atom is -0.494 e. The van der Waals surface area contributed by atoms with Crippen LogP contribution in [0.5, 0.6) is 11.8 Å². The second-order valence-corrected chi connectivity index (χ2v) is 7.06. The maximum absolute atomic E-state index is 12.2. The van der Waals surface area contributed by atoms with Gasteiger partial charge in [0.05, 0.1) is 12.3 Å². The molecule has 1 saturated carbocycles. The van der Waals surface area contributed by atoms with E-state index in [9.17, 15) is 19.8 Å². The number of ketones is 1. The topological polar surface area (TPSA) is 88.8 Å². The van der Waals surface area contributed by atoms with Crippen LogP contribution < -0.4 is 0 Å². The van der Waals surface area contributed by atoms with Crippen molar-refractivity contribution in [1.82, 2.24) is 4.57 Å². The summed E-state index contributed by atoms with van der Waals surface area (Å²) in [6.07, 6.45) is 2.65. The van der Waals surface area contributed by atoms with Gasteiger partial charge in [-0.15, -0.1) is 0 Å². The van der Waals surface area contributed by atoms with Crippen LogP contribution >= 0.6 is 0 Å². The van der Waals surface area contributed by atoms with Gasteiger partial charge in [-0.2, -0.15) is 0 Å². The normalized spacial score (nSPS) is 20.9. The number of aromatic hydroxyl groups is 2. The Morgan fingerprint density at radius 1 is 1.15 bits per heavy atom. The fourth-order valence-corrected chi connectivity index (χ4v) is 4.26. The fourth-order valence-electron chi connectivity index (χ4n) is 4.26. The monoisotopic (exact) mass is 355 g/mol. The van der Waals surface area contributed by atoms with Gasteiger partial charge in [0.15, 0.2) is 0 Å². The third kappa shape index (κ3) is 2.57. The summed E-state index contributed by atoms with van der Waals surface area (Å²) < 4.78 is 6.36. The molecule has 1 aromatic heterocycles. The summed E-state index contributed by atoms with van der Waals surface area (Å²) in [5, 5.41) is 21.4. The average Bonchev–Trinajstić information content (AvgIpc) is 2.89. The third-order valence-corrected chi connectivity index (χ3v) is 5.48. The molecule has 1 aromatic carbocycles. The highest BCUT2D eigenvalue weighted by Crippen LogP contribution is 2.55. The minimum atomic E-state index is -0.307. The molecule has 0 saturated heterocycles. The van der Waals surface area contributed by atoms with E-state index in [4.69, 9.17) is 4.74 Å². The maximum atomic E-state index is 12.2. The Hall–Kier alpha value is -2.76. The molecule has 0 spiro atoms. The molecule has 6 nitrogen and oxygen atoms in total. The molecule has 0 unspecified atom stereocenters. The second-order valence-electron chi connectivity index (χ2n) is 7.06. The number of esters is 1. The van der Waals surface area contributed by atoms with Crippen molar-refractivity contribution in [3.05, 3.63) is 41.0 Å². The van der Waals surface area contributed by atoms with Crippen molar-refractivity contribution in [3.63, 3.8) is 0 Å². The number of Topliss-reactive ketones (excluding diaryl/α,β-unsaturated/α-hetero) is 1. The first-order valence-electron chi connectivity index (χ1n) is 8.89. The first-order valence-corrected chi connectivity index (χ1v) is 8.89. The van der Waals surface area contributed by atoms with Gasteiger partial charge in [0, 0.05) is 36.8 Å². The molecule has 3 aliphatic carbocycles. The smallest absolute Gasteiger partial charge is 0.302 e. The predicted octanol–water partition coefficient (Wildman–Crippen LogP) is 2.93. The van der Waals surface area contributed by atoms with Crippen LogP contribution in [0.3, 0.4) is 0 Å². The lowest BCUT2D eigenvalue weighted by Crippen LogP contribution is -2.28. The number of benzene rings is 1. The van der Waals surface area contributed by atoms with Gasteiger partial charge in [0.2, 0.25) is 11.8 Å². The van der Waals surface area contributed by atoms with Gasteiger partial charge >= 0.3 is 5.97 Å². The second kappa shape index (κ2) is 6.20. The SMILES string of the molecule is CC(=O)OCCc1ccc(-n2c(O)c3c(c2O)[C@@H]2CC[C@H]3CC2=O)cc1. The van der Waals surface area contributed by atoms with Crippen molar-refractivity contribution in [2.75, 3.05) is 6.61 Å². The molecule has 1 fully saturated rings. The Balaban J connectivity index is 1.65. The Labute approximate surface area is 151 Å². The molecule has 3 aliphatic rings. The number of nitrogens with zero attached hydrogens (tertiary/aromatic N) is 1. The summed E-state index contributed by atoms with van der Waals surface area (Å²) >= 11 is 0. The van der Waals surface area contributed by atoms with E-state index in [1.807, 2.05) is 12.1 Å². The molecule has 26 heavy (non-hydrogen) atoms. The van der Waals surface area contributed by atoms with E-state index in [1.54, 1.807) is 12.1 Å². The number of rotatable bonds is 4. The van der Waals surface area contributed by atoms with Gasteiger partial charge in [-0.1, -0.05) is 12.1 Å². The van der Waals surface area contributed by atoms with Gasteiger partial charge in [0.25, 0.3) is 0 Å². The van der Waals surface area contributed by atoms with Crippen LogP contribution in [0.4, 0.5) is 0 Å². The van der Waals surface area contributed by atoms with E-state index in [0.717, 1.165) is 24.0 Å². The number of carbonyl (C=O) groups excluding carboxylic acids is 2. The number of aromatic nitrogens is 1. The molecule has 2 aromatic rings. The number of hydrogen-bond acceptors (Lipinski definition) is 5. The molecular weight excluding hydrogens is 334 g/mol. The largest absolute Gasteiger partial charge is 0.494 e. The maximum Gasteiger partial charge on any atom is 0.302 e. The highest BCUT2D eigenvalue weighted by Gasteiger charge is 2.45. The Morgan fingerprint density at radius 3 is 2.50 bits per heavy atom. The summed E-state index contributed by atoms with van der Waals surface area (Å²) in [6, 6.07) is 7.35. The van der Waals surface area contributed by atoms with Gasteiger partial charge in [-0.3, -0.25) is 14.2 Å². The number of fused-ring (bicyclic) bond motifs is 2. The highest BCUT2D eigenvalue weighted by atomic mass is 16.5. The number of ether oxygens (including phenoxy) is 1. The van der Waals surface area contributed by atoms with Gasteiger partial charge in [-0.05, 0) is 36.5 Å². The summed E-state index contributed by atoms with van der Waals surface area (Å²) in [5.41, 5.74) is 2.96. The van der Waals surface area contributed by atoms with Gasteiger partial charge in [0.1, 0.15) is 5.78 Å². The van der Waals surface area contributed by atoms with E-state index >= 15 is 0 Å². The number of hydrogen-bond donors (Lipinski definition) is 2. The molecule has 1 heterocycles. The molecular formula is C20H21NO5. The first-order chi connectivity index (χ1) is 12.5. The summed E-state index contributed by atoms with van der Waals surface area (Å²) in [6.45, 7) is 1.69. The van der Waals surface area contributed by atoms with Crippen LogP contribution in [0.15, 0.2) is 24.3 Å². The molecule has 5 rings (SSSR count). The number of carbonyl (C=O) groups is 2. The van der Waals surface area contributed by atoms with Crippen LogP contribution in [-0.2, 0) is 20.7 Å². The van der Waals surface area contributed by atoms with E-state index < -0.39 is 0 Å². The van der Waals surface area contributed by atoms with E-state index in [-0.39, 0.29) is 35.3 Å². The van der Waals surface area contributed by atoms with Crippen LogP contribution in [0.25, 0.3) is 5.69 Å². The molecule has 136 valence electrons. The van der Waals surface area contributed by atoms with Crippen molar-refractivity contribution >= 4 is 11.8 Å². The van der Waals surface area contributed by atoms with Crippen LogP contribution in [0.2, 0.25) is 0 Å². The molecule has 2 atom stereocenters. The lowest BCUT2D eigenvalue weighted by atomic mass is 9.67. The zero-order chi connectivity index (χ0) is 18.4. The van der Waals surface area contributed by atoms with Crippen molar-refractivity contribution < 1.29 is 24.5 Å². The van der Waals surface area contributed by atoms with E-state index in [0.29, 0.717) is 30.7 Å². The first kappa shape index (κ1) is 16.7. The summed E-state index contributed by atoms with van der Waals surface area (Å²) in [4.78, 5) is 23.0. The standard InChI is InChI=1S/C20H21NO5/c1-11(22)26-9-8-12-2-5-14(6-3-12)21-19(24)17-13-4-7-15(16(23)10-13)18(17)20(21)25/h2-3,5-6,13,15,24-25H,4,7-10H2,1H3/t13-,15+/m0/s1. The van der Waals surface area contributed by atoms with Gasteiger partial charge < -0.3 is 14.9 Å². The zero-order valence-electron chi connectivity index (χ0n) is 14.6. The predicted molar refractivity (Wildman–Crippen MR) is 93.8 cm³/mol. The third-order valence-electron chi connectivity index (χ3n) is 5.48. The van der Waals surface area contributed by atoms with E-state index in [1.165, 1.54) is 11.5 Å². The fraction of sp³-hybridized carbons (Fsp3) is 0.400. The van der Waals surface area contributed by atoms with Gasteiger partial charge in [-0.25, -0.2) is 0 Å². The molecule has 6 heteroatoms. The molecule has 0 aliphatic heterocycles. The van der Waals surface area contributed by atoms with Crippen molar-refractivity contribution in [3.8, 4) is 17.4 Å². The minimum absolute atomic E-state index is 0.00217. The van der Waals surface area contributed by atoms with Crippen LogP contribution in [0, 0.1) is 0 Å². The lowest BCUT2D eigenvalue weighted by Gasteiger charge is -2.34. The van der Waals surface area contributed by atoms with Crippen LogP contribution in [-0.4, -0.2) is 33.1 Å². The molecule has 2 N–H and O–H groups in total. The van der Waals surface area contributed by atoms with E-state index in [2.05, 4.69) is 0 Å². The Bertz CT molecular complexity index is 881. The van der Waals surface area contributed by atoms with Crippen molar-refractivity contribution in [2.45, 2.75) is 44.4 Å². The zero-order valence-corrected chi connectivity index (χ0v) is 14.6. The molecule has 0 amide bonds. The average molecular weight is 355 g/mol. The van der Waals surface area contributed by atoms with Crippen molar-refractivity contribution in [1.29, 1.82) is 0 Å². The lowest BCUT2D eigenvalue weighted by molar-refractivity contribution is -0.140. The Kier molecular flexibility index (Phi) is 3.98. The van der Waals surface area contributed by atoms with Crippen LogP contribution in [0.1, 0.15) is 54.7 Å². The summed E-state index contributed by atoms with van der Waals surface area (Å²) in [5.74, 6) is -0.455. The summed E-state index contributed by atoms with van der Waals surface area (Å²) in [7, 11) is 0. The quantitative estimate of drug-likeness (QED) is 0.823. The Morgan fingerprint density at radius 2 is 1.85 bits per heavy atom. The molecule has 0 radical (unpaired) electrons. The van der Waals surface area contributed by atoms with Crippen molar-refractivity contribution in [2.24, 2.45) is 0 Å². The highest BCUT2D eigenvalue weighted by molar-refractivity contribution is 5.91. The molecule has 2 bridgehead atoms.